The van der Waals surface area contributed by atoms with Crippen molar-refractivity contribution in [1.82, 2.24) is 15.5 Å². The topological polar surface area (TPSA) is 48.9 Å². The Labute approximate surface area is 161 Å². The number of nitrogens with zero attached hydrogens (tertiary/aromatic N) is 2. The molecular weight excluding hydrogens is 422 g/mol. The number of aliphatic imine (C=N–C) groups is 1. The molecule has 0 atom stereocenters. The van der Waals surface area contributed by atoms with Crippen LogP contribution in [0.5, 0.6) is 0 Å². The summed E-state index contributed by atoms with van der Waals surface area (Å²) >= 11 is 0. The monoisotopic (exact) mass is 450 g/mol. The largest absolute Gasteiger partial charge is 0.379 e. The van der Waals surface area contributed by atoms with Crippen LogP contribution in [0.15, 0.2) is 23.2 Å². The number of benzene rings is 1. The number of rotatable bonds is 6. The molecule has 24 heavy (non-hydrogen) atoms. The molecule has 0 radical (unpaired) electrons. The van der Waals surface area contributed by atoms with E-state index in [1.165, 1.54) is 6.07 Å². The van der Waals surface area contributed by atoms with Gasteiger partial charge in [0.1, 0.15) is 5.82 Å². The zero-order chi connectivity index (χ0) is 16.5. The lowest BCUT2D eigenvalue weighted by molar-refractivity contribution is 0.0389. The third-order valence-electron chi connectivity index (χ3n) is 4.04. The van der Waals surface area contributed by atoms with Gasteiger partial charge in [-0.05, 0) is 36.6 Å². The highest BCUT2D eigenvalue weighted by Crippen LogP contribution is 2.10. The number of halogens is 2. The molecule has 0 aliphatic carbocycles. The van der Waals surface area contributed by atoms with Gasteiger partial charge in [0.2, 0.25) is 0 Å². The van der Waals surface area contributed by atoms with E-state index >= 15 is 0 Å². The van der Waals surface area contributed by atoms with Crippen LogP contribution >= 0.6 is 24.0 Å². The van der Waals surface area contributed by atoms with Crippen LogP contribution in [-0.4, -0.2) is 63.8 Å². The fraction of sp³-hybridized carbons (Fsp3) is 0.588. The standard InChI is InChI=1S/C17H27FN4O.HI/c1-14-13-16(18)4-3-15(14)5-6-20-17(19-2)21-7-8-22-9-11-23-12-10-22;/h3-4,13H,5-12H2,1-2H3,(H2,19,20,21);1H. The van der Waals surface area contributed by atoms with Crippen LogP contribution in [0, 0.1) is 12.7 Å². The molecule has 7 heteroatoms. The van der Waals surface area contributed by atoms with Crippen molar-refractivity contribution in [2.45, 2.75) is 13.3 Å². The first-order valence-corrected chi connectivity index (χ1v) is 8.18. The fourth-order valence-corrected chi connectivity index (χ4v) is 2.63. The second-order valence-electron chi connectivity index (χ2n) is 5.70. The summed E-state index contributed by atoms with van der Waals surface area (Å²) < 4.78 is 18.4. The molecule has 1 aromatic rings. The van der Waals surface area contributed by atoms with E-state index in [4.69, 9.17) is 4.74 Å². The van der Waals surface area contributed by atoms with Crippen LogP contribution in [0.1, 0.15) is 11.1 Å². The second kappa shape index (κ2) is 11.6. The SMILES string of the molecule is CN=C(NCCc1ccc(F)cc1C)NCCN1CCOCC1.I. The molecule has 0 amide bonds. The number of guanidine groups is 1. The van der Waals surface area contributed by atoms with Gasteiger partial charge in [-0.1, -0.05) is 6.07 Å². The molecule has 1 aliphatic rings. The predicted molar refractivity (Wildman–Crippen MR) is 107 cm³/mol. The highest BCUT2D eigenvalue weighted by molar-refractivity contribution is 14.0. The minimum absolute atomic E-state index is 0. The lowest BCUT2D eigenvalue weighted by Crippen LogP contribution is -2.44. The lowest BCUT2D eigenvalue weighted by Gasteiger charge is -2.26. The molecular formula is C17H28FIN4O. The van der Waals surface area contributed by atoms with E-state index in [9.17, 15) is 4.39 Å². The van der Waals surface area contributed by atoms with Crippen LogP contribution in [0.2, 0.25) is 0 Å². The summed E-state index contributed by atoms with van der Waals surface area (Å²) in [4.78, 5) is 6.61. The van der Waals surface area contributed by atoms with E-state index in [-0.39, 0.29) is 29.8 Å². The van der Waals surface area contributed by atoms with Gasteiger partial charge < -0.3 is 15.4 Å². The van der Waals surface area contributed by atoms with Crippen molar-refractivity contribution < 1.29 is 9.13 Å². The van der Waals surface area contributed by atoms with Gasteiger partial charge in [-0.3, -0.25) is 9.89 Å². The summed E-state index contributed by atoms with van der Waals surface area (Å²) in [5.74, 6) is 0.623. The van der Waals surface area contributed by atoms with Gasteiger partial charge in [0.25, 0.3) is 0 Å². The van der Waals surface area contributed by atoms with E-state index in [0.29, 0.717) is 0 Å². The molecule has 0 spiro atoms. The average Bonchev–Trinajstić information content (AvgIpc) is 2.56. The summed E-state index contributed by atoms with van der Waals surface area (Å²) in [6.07, 6.45) is 0.844. The Morgan fingerprint density at radius 3 is 2.62 bits per heavy atom. The fourth-order valence-electron chi connectivity index (χ4n) is 2.63. The van der Waals surface area contributed by atoms with Gasteiger partial charge in [0, 0.05) is 39.8 Å². The van der Waals surface area contributed by atoms with Crippen LogP contribution < -0.4 is 10.6 Å². The molecule has 0 unspecified atom stereocenters. The molecule has 2 N–H and O–H groups in total. The van der Waals surface area contributed by atoms with Gasteiger partial charge in [-0.15, -0.1) is 24.0 Å². The van der Waals surface area contributed by atoms with Crippen LogP contribution in [0.4, 0.5) is 4.39 Å². The minimum atomic E-state index is -0.181. The first-order chi connectivity index (χ1) is 11.2. The molecule has 1 aromatic carbocycles. The van der Waals surface area contributed by atoms with E-state index in [1.54, 1.807) is 13.1 Å². The van der Waals surface area contributed by atoms with Crippen LogP contribution in [0.3, 0.4) is 0 Å². The Morgan fingerprint density at radius 1 is 1.25 bits per heavy atom. The van der Waals surface area contributed by atoms with Crippen molar-refractivity contribution in [2.24, 2.45) is 4.99 Å². The first kappa shape index (κ1) is 21.1. The lowest BCUT2D eigenvalue weighted by atomic mass is 10.1. The van der Waals surface area contributed by atoms with Crippen molar-refractivity contribution in [1.29, 1.82) is 0 Å². The third-order valence-corrected chi connectivity index (χ3v) is 4.04. The van der Waals surface area contributed by atoms with Gasteiger partial charge >= 0.3 is 0 Å². The number of hydrogen-bond donors (Lipinski definition) is 2. The molecule has 1 heterocycles. The Kier molecular flexibility index (Phi) is 10.2. The smallest absolute Gasteiger partial charge is 0.191 e. The molecule has 0 bridgehead atoms. The second-order valence-corrected chi connectivity index (χ2v) is 5.70. The van der Waals surface area contributed by atoms with Crippen LogP contribution in [-0.2, 0) is 11.2 Å². The Hall–Kier alpha value is -0.930. The molecule has 136 valence electrons. The minimum Gasteiger partial charge on any atom is -0.379 e. The molecule has 1 aliphatic heterocycles. The van der Waals surface area contributed by atoms with E-state index < -0.39 is 0 Å². The summed E-state index contributed by atoms with van der Waals surface area (Å²) in [6, 6.07) is 4.93. The quantitative estimate of drug-likeness (QED) is 0.394. The molecule has 5 nitrogen and oxygen atoms in total. The summed E-state index contributed by atoms with van der Waals surface area (Å²) in [6.45, 7) is 8.19. The number of hydrogen-bond acceptors (Lipinski definition) is 3. The maximum atomic E-state index is 13.1. The maximum absolute atomic E-state index is 13.1. The number of ether oxygens (including phenoxy) is 1. The molecule has 2 rings (SSSR count). The zero-order valence-electron chi connectivity index (χ0n) is 14.5. The van der Waals surface area contributed by atoms with Gasteiger partial charge in [0.15, 0.2) is 5.96 Å². The average molecular weight is 450 g/mol. The number of aryl methyl sites for hydroxylation is 1. The summed E-state index contributed by atoms with van der Waals surface area (Å²) in [5, 5.41) is 6.62. The van der Waals surface area contributed by atoms with Crippen molar-refractivity contribution in [3.8, 4) is 0 Å². The highest BCUT2D eigenvalue weighted by atomic mass is 127. The van der Waals surface area contributed by atoms with Crippen molar-refractivity contribution in [2.75, 3.05) is 53.0 Å². The molecule has 1 fully saturated rings. The van der Waals surface area contributed by atoms with Gasteiger partial charge in [-0.2, -0.15) is 0 Å². The van der Waals surface area contributed by atoms with Crippen molar-refractivity contribution in [3.63, 3.8) is 0 Å². The Bertz CT molecular complexity index is 521. The van der Waals surface area contributed by atoms with E-state index in [2.05, 4.69) is 20.5 Å². The van der Waals surface area contributed by atoms with Crippen molar-refractivity contribution in [3.05, 3.63) is 35.1 Å². The normalized spacial score (nSPS) is 15.7. The van der Waals surface area contributed by atoms with Crippen molar-refractivity contribution >= 4 is 29.9 Å². The highest BCUT2D eigenvalue weighted by Gasteiger charge is 2.09. The molecule has 1 saturated heterocycles. The maximum Gasteiger partial charge on any atom is 0.191 e. The Balaban J connectivity index is 0.00000288. The predicted octanol–water partition coefficient (Wildman–Crippen LogP) is 1.79. The third kappa shape index (κ3) is 7.31. The number of nitrogens with one attached hydrogen (secondary N) is 2. The first-order valence-electron chi connectivity index (χ1n) is 8.18. The van der Waals surface area contributed by atoms with E-state index in [0.717, 1.165) is 69.4 Å². The van der Waals surface area contributed by atoms with Crippen LogP contribution in [0.25, 0.3) is 0 Å². The summed E-state index contributed by atoms with van der Waals surface area (Å²) in [5.41, 5.74) is 2.14. The number of morpholine rings is 1. The zero-order valence-corrected chi connectivity index (χ0v) is 16.8. The molecule has 0 aromatic heterocycles. The van der Waals surface area contributed by atoms with E-state index in [1.807, 2.05) is 13.0 Å². The summed E-state index contributed by atoms with van der Waals surface area (Å²) in [7, 11) is 1.77. The Morgan fingerprint density at radius 2 is 1.96 bits per heavy atom. The van der Waals surface area contributed by atoms with Gasteiger partial charge in [-0.25, -0.2) is 4.39 Å². The van der Waals surface area contributed by atoms with Gasteiger partial charge in [0.05, 0.1) is 13.2 Å². The molecule has 0 saturated carbocycles.